The average molecular weight is 338 g/mol. The Labute approximate surface area is 153 Å². The van der Waals surface area contributed by atoms with E-state index >= 15 is 0 Å². The number of para-hydroxylation sites is 1. The molecule has 128 valence electrons. The van der Waals surface area contributed by atoms with Crippen molar-refractivity contribution in [1.82, 2.24) is 4.57 Å². The van der Waals surface area contributed by atoms with E-state index in [1.54, 1.807) is 0 Å². The Morgan fingerprint density at radius 1 is 0.962 bits per heavy atom. The summed E-state index contributed by atoms with van der Waals surface area (Å²) >= 11 is 0. The van der Waals surface area contributed by atoms with Gasteiger partial charge in [-0.1, -0.05) is 36.4 Å². The molecule has 0 spiro atoms. The van der Waals surface area contributed by atoms with Crippen LogP contribution in [0.4, 0.5) is 5.69 Å². The van der Waals surface area contributed by atoms with E-state index in [9.17, 15) is 0 Å². The zero-order valence-corrected chi connectivity index (χ0v) is 14.7. The highest BCUT2D eigenvalue weighted by molar-refractivity contribution is 5.90. The summed E-state index contributed by atoms with van der Waals surface area (Å²) in [5.41, 5.74) is 6.63. The lowest BCUT2D eigenvalue weighted by atomic mass is 9.62. The predicted molar refractivity (Wildman–Crippen MR) is 109 cm³/mol. The summed E-state index contributed by atoms with van der Waals surface area (Å²) in [6.07, 6.45) is 12.8. The molecule has 1 saturated carbocycles. The number of rotatable bonds is 3. The minimum absolute atomic E-state index is 0.624. The zero-order valence-electron chi connectivity index (χ0n) is 14.7. The Morgan fingerprint density at radius 2 is 1.85 bits per heavy atom. The summed E-state index contributed by atoms with van der Waals surface area (Å²) in [7, 11) is 0. The highest BCUT2D eigenvalue weighted by Gasteiger charge is 2.42. The molecule has 3 aliphatic carbocycles. The van der Waals surface area contributed by atoms with Gasteiger partial charge < -0.3 is 9.88 Å². The molecular formula is C24H22N2. The van der Waals surface area contributed by atoms with Gasteiger partial charge in [0.1, 0.15) is 0 Å². The van der Waals surface area contributed by atoms with Gasteiger partial charge in [0.25, 0.3) is 0 Å². The molecule has 26 heavy (non-hydrogen) atoms. The normalized spacial score (nSPS) is 25.3. The van der Waals surface area contributed by atoms with E-state index in [1.165, 1.54) is 40.0 Å². The minimum atomic E-state index is 0.624. The second-order valence-electron chi connectivity index (χ2n) is 7.82. The van der Waals surface area contributed by atoms with E-state index < -0.39 is 0 Å². The molecule has 2 nitrogen and oxygen atoms in total. The van der Waals surface area contributed by atoms with Crippen LogP contribution in [-0.4, -0.2) is 10.6 Å². The molecule has 6 rings (SSSR count). The summed E-state index contributed by atoms with van der Waals surface area (Å²) in [4.78, 5) is 0. The molecule has 0 aliphatic heterocycles. The molecule has 3 atom stereocenters. The molecule has 1 heterocycles. The maximum Gasteiger partial charge on any atom is 0.0537 e. The van der Waals surface area contributed by atoms with Crippen LogP contribution in [0.25, 0.3) is 22.7 Å². The number of hydrogen-bond donors (Lipinski definition) is 1. The average Bonchev–Trinajstić information content (AvgIpc) is 3.01. The molecule has 2 heteroatoms. The summed E-state index contributed by atoms with van der Waals surface area (Å²) in [6, 6.07) is 18.4. The lowest BCUT2D eigenvalue weighted by molar-refractivity contribution is 0.215. The van der Waals surface area contributed by atoms with Gasteiger partial charge in [-0.25, -0.2) is 0 Å². The molecular weight excluding hydrogens is 316 g/mol. The molecule has 3 aromatic rings. The first kappa shape index (κ1) is 14.4. The fourth-order valence-corrected chi connectivity index (χ4v) is 4.86. The molecule has 3 aliphatic rings. The standard InChI is InChI=1S/C24H22N2/c1-3-7-23-20(5-1)21-6-2-4-8-24(21)26(23)18-12-10-17(11-13-18)25-22-15-16-9-14-19(16)22/h1,3-5,7-14,16,19,22,25H,2,6,15H2/t16?,19-,22?/m1/s1. The molecule has 1 aromatic heterocycles. The van der Waals surface area contributed by atoms with E-state index in [0.29, 0.717) is 6.04 Å². The quantitative estimate of drug-likeness (QED) is 0.617. The first-order valence-corrected chi connectivity index (χ1v) is 9.73. The van der Waals surface area contributed by atoms with Crippen LogP contribution in [-0.2, 0) is 6.42 Å². The van der Waals surface area contributed by atoms with Crippen molar-refractivity contribution in [2.45, 2.75) is 25.3 Å². The molecule has 1 N–H and O–H groups in total. The predicted octanol–water partition coefficient (Wildman–Crippen LogP) is 5.58. The van der Waals surface area contributed by atoms with Gasteiger partial charge in [-0.15, -0.1) is 0 Å². The second kappa shape index (κ2) is 5.38. The molecule has 0 amide bonds. The molecule has 0 radical (unpaired) electrons. The summed E-state index contributed by atoms with van der Waals surface area (Å²) in [6.45, 7) is 0. The van der Waals surface area contributed by atoms with E-state index in [0.717, 1.165) is 24.7 Å². The van der Waals surface area contributed by atoms with Crippen LogP contribution >= 0.6 is 0 Å². The van der Waals surface area contributed by atoms with Gasteiger partial charge >= 0.3 is 0 Å². The zero-order chi connectivity index (χ0) is 17.1. The van der Waals surface area contributed by atoms with E-state index in [2.05, 4.69) is 82.7 Å². The minimum Gasteiger partial charge on any atom is -0.382 e. The van der Waals surface area contributed by atoms with Crippen LogP contribution in [0.15, 0.2) is 66.8 Å². The van der Waals surface area contributed by atoms with Gasteiger partial charge in [-0.05, 0) is 67.2 Å². The first-order valence-electron chi connectivity index (χ1n) is 9.73. The van der Waals surface area contributed by atoms with Gasteiger partial charge in [0, 0.05) is 34.4 Å². The third-order valence-electron chi connectivity index (χ3n) is 6.40. The lowest BCUT2D eigenvalue weighted by Gasteiger charge is -2.48. The number of hydrogen-bond acceptors (Lipinski definition) is 1. The van der Waals surface area contributed by atoms with Gasteiger partial charge in [-0.2, -0.15) is 0 Å². The van der Waals surface area contributed by atoms with Crippen LogP contribution in [0.3, 0.4) is 0 Å². The number of anilines is 1. The molecule has 2 aromatic carbocycles. The Bertz CT molecular complexity index is 1050. The Hall–Kier alpha value is -2.74. The van der Waals surface area contributed by atoms with E-state index in [4.69, 9.17) is 0 Å². The smallest absolute Gasteiger partial charge is 0.0537 e. The van der Waals surface area contributed by atoms with Crippen molar-refractivity contribution < 1.29 is 0 Å². The van der Waals surface area contributed by atoms with E-state index in [1.807, 2.05) is 0 Å². The number of aromatic nitrogens is 1. The summed E-state index contributed by atoms with van der Waals surface area (Å²) in [5, 5.41) is 5.10. The Kier molecular flexibility index (Phi) is 2.98. The highest BCUT2D eigenvalue weighted by Crippen LogP contribution is 2.45. The topological polar surface area (TPSA) is 17.0 Å². The number of nitrogens with one attached hydrogen (secondary N) is 1. The van der Waals surface area contributed by atoms with Crippen molar-refractivity contribution in [1.29, 1.82) is 0 Å². The monoisotopic (exact) mass is 338 g/mol. The number of aryl methyl sites for hydroxylation is 1. The van der Waals surface area contributed by atoms with E-state index in [-0.39, 0.29) is 0 Å². The number of allylic oxidation sites excluding steroid dienone is 2. The van der Waals surface area contributed by atoms with Crippen molar-refractivity contribution in [2.24, 2.45) is 11.8 Å². The fraction of sp³-hybridized carbons (Fsp3) is 0.250. The fourth-order valence-electron chi connectivity index (χ4n) is 4.86. The number of fused-ring (bicyclic) bond motifs is 4. The van der Waals surface area contributed by atoms with Crippen molar-refractivity contribution >= 4 is 22.7 Å². The first-order chi connectivity index (χ1) is 12.9. The van der Waals surface area contributed by atoms with Crippen molar-refractivity contribution in [3.05, 3.63) is 78.0 Å². The van der Waals surface area contributed by atoms with Crippen LogP contribution in [0, 0.1) is 11.8 Å². The van der Waals surface area contributed by atoms with Crippen LogP contribution in [0.1, 0.15) is 24.1 Å². The van der Waals surface area contributed by atoms with Gasteiger partial charge in [-0.3, -0.25) is 0 Å². The lowest BCUT2D eigenvalue weighted by Crippen LogP contribution is -2.48. The Balaban J connectivity index is 1.38. The van der Waals surface area contributed by atoms with Gasteiger partial charge in [0.15, 0.2) is 0 Å². The maximum atomic E-state index is 3.71. The maximum absolute atomic E-state index is 3.71. The Morgan fingerprint density at radius 3 is 2.62 bits per heavy atom. The van der Waals surface area contributed by atoms with Crippen molar-refractivity contribution in [2.75, 3.05) is 5.32 Å². The second-order valence-corrected chi connectivity index (χ2v) is 7.82. The third kappa shape index (κ3) is 1.99. The van der Waals surface area contributed by atoms with Crippen LogP contribution < -0.4 is 5.32 Å². The largest absolute Gasteiger partial charge is 0.382 e. The number of benzene rings is 2. The van der Waals surface area contributed by atoms with Crippen LogP contribution in [0.5, 0.6) is 0 Å². The highest BCUT2D eigenvalue weighted by atomic mass is 15.0. The van der Waals surface area contributed by atoms with Gasteiger partial charge in [0.2, 0.25) is 0 Å². The summed E-state index contributed by atoms with van der Waals surface area (Å²) < 4.78 is 2.41. The number of nitrogens with zero attached hydrogens (tertiary/aromatic N) is 1. The van der Waals surface area contributed by atoms with Crippen molar-refractivity contribution in [3.8, 4) is 5.69 Å². The molecule has 0 bridgehead atoms. The molecule has 0 saturated heterocycles. The van der Waals surface area contributed by atoms with Crippen molar-refractivity contribution in [3.63, 3.8) is 0 Å². The SMILES string of the molecule is C1=Cc2c(c3ccccc3n2-c2ccc(NC3CC4C=C[C@H]43)cc2)CC1. The summed E-state index contributed by atoms with van der Waals surface area (Å²) in [5.74, 6) is 1.61. The molecule has 2 unspecified atom stereocenters. The van der Waals surface area contributed by atoms with Crippen LogP contribution in [0.2, 0.25) is 0 Å². The molecule has 1 fully saturated rings. The van der Waals surface area contributed by atoms with Gasteiger partial charge in [0.05, 0.1) is 5.52 Å². The third-order valence-corrected chi connectivity index (χ3v) is 6.40.